The van der Waals surface area contributed by atoms with E-state index < -0.39 is 0 Å². The van der Waals surface area contributed by atoms with E-state index in [1.165, 1.54) is 39.0 Å². The predicted molar refractivity (Wildman–Crippen MR) is 188 cm³/mol. The van der Waals surface area contributed by atoms with Crippen LogP contribution in [0.15, 0.2) is 72.1 Å². The van der Waals surface area contributed by atoms with Crippen LogP contribution in [0.2, 0.25) is 0 Å². The van der Waals surface area contributed by atoms with Crippen molar-refractivity contribution in [2.45, 2.75) is 51.6 Å². The molecule has 2 aromatic heterocycles. The van der Waals surface area contributed by atoms with Crippen LogP contribution in [0.25, 0.3) is 11.1 Å². The second-order valence-electron chi connectivity index (χ2n) is 13.4. The Morgan fingerprint density at radius 2 is 1.10 bits per heavy atom. The fraction of sp³-hybridized carbons (Fsp3) is 0.368. The summed E-state index contributed by atoms with van der Waals surface area (Å²) in [5.74, 6) is 1.84. The zero-order chi connectivity index (χ0) is 34.5. The van der Waals surface area contributed by atoms with Crippen molar-refractivity contribution in [3.63, 3.8) is 0 Å². The SMILES string of the molecule is CN1CCC(=C2c3ccccc3CCn3c(C=O)cnc32)CC1.C[N+]1([O-])CCC(=C2c3ccccc3CCn3c(C=O)cnc32)CC1.OO. The molecule has 0 atom stereocenters. The molecule has 2 fully saturated rings. The van der Waals surface area contributed by atoms with Gasteiger partial charge in [0.25, 0.3) is 0 Å². The Balaban J connectivity index is 0.000000162. The Kier molecular flexibility index (Phi) is 10.5. The van der Waals surface area contributed by atoms with Crippen LogP contribution in [0.4, 0.5) is 0 Å². The van der Waals surface area contributed by atoms with Crippen LogP contribution in [-0.4, -0.2) is 92.0 Å². The number of piperidine rings is 2. The summed E-state index contributed by atoms with van der Waals surface area (Å²) in [5.41, 5.74) is 11.6. The molecule has 49 heavy (non-hydrogen) atoms. The van der Waals surface area contributed by atoms with Crippen LogP contribution in [-0.2, 0) is 25.9 Å². The van der Waals surface area contributed by atoms with Gasteiger partial charge in [0.1, 0.15) is 23.0 Å². The minimum Gasteiger partial charge on any atom is -0.633 e. The molecule has 4 aromatic rings. The number of hydrogen-bond donors (Lipinski definition) is 2. The molecule has 0 amide bonds. The van der Waals surface area contributed by atoms with E-state index >= 15 is 0 Å². The third-order valence-corrected chi connectivity index (χ3v) is 10.3. The van der Waals surface area contributed by atoms with E-state index in [9.17, 15) is 14.8 Å². The van der Waals surface area contributed by atoms with Gasteiger partial charge in [-0.3, -0.25) is 20.1 Å². The Labute approximate surface area is 286 Å². The van der Waals surface area contributed by atoms with Crippen LogP contribution < -0.4 is 0 Å². The third-order valence-electron chi connectivity index (χ3n) is 10.3. The first-order chi connectivity index (χ1) is 23.9. The van der Waals surface area contributed by atoms with Crippen molar-refractivity contribution >= 4 is 23.7 Å². The van der Waals surface area contributed by atoms with Gasteiger partial charge in [0.05, 0.1) is 32.5 Å². The summed E-state index contributed by atoms with van der Waals surface area (Å²) in [6, 6.07) is 17.0. The lowest BCUT2D eigenvalue weighted by atomic mass is 9.90. The van der Waals surface area contributed by atoms with Crippen LogP contribution in [0.3, 0.4) is 0 Å². The van der Waals surface area contributed by atoms with Crippen LogP contribution in [0.5, 0.6) is 0 Å². The highest BCUT2D eigenvalue weighted by Crippen LogP contribution is 2.38. The van der Waals surface area contributed by atoms with E-state index in [0.717, 1.165) is 94.5 Å². The number of likely N-dealkylation sites (tertiary alicyclic amines) is 2. The molecule has 4 aliphatic rings. The molecule has 0 radical (unpaired) electrons. The van der Waals surface area contributed by atoms with E-state index in [0.29, 0.717) is 24.5 Å². The predicted octanol–water partition coefficient (Wildman–Crippen LogP) is 5.59. The minimum atomic E-state index is -0.174. The highest BCUT2D eigenvalue weighted by Gasteiger charge is 2.29. The molecule has 4 aliphatic heterocycles. The number of benzene rings is 2. The normalized spacial score (nSPS) is 20.2. The molecule has 2 aromatic carbocycles. The van der Waals surface area contributed by atoms with Crippen molar-refractivity contribution in [2.75, 3.05) is 40.3 Å². The molecular formula is C38H44N6O5. The van der Waals surface area contributed by atoms with Crippen molar-refractivity contribution < 1.29 is 24.7 Å². The molecule has 2 saturated heterocycles. The lowest BCUT2D eigenvalue weighted by Gasteiger charge is -2.42. The van der Waals surface area contributed by atoms with Crippen molar-refractivity contribution in [2.24, 2.45) is 0 Å². The fourth-order valence-electron chi connectivity index (χ4n) is 7.57. The summed E-state index contributed by atoms with van der Waals surface area (Å²) >= 11 is 0. The minimum absolute atomic E-state index is 0.174. The van der Waals surface area contributed by atoms with E-state index in [1.807, 2.05) is 4.57 Å². The summed E-state index contributed by atoms with van der Waals surface area (Å²) in [7, 11) is 3.92. The van der Waals surface area contributed by atoms with Gasteiger partial charge >= 0.3 is 0 Å². The number of imidazole rings is 2. The maximum atomic E-state index is 12.2. The van der Waals surface area contributed by atoms with Gasteiger partial charge in [-0.2, -0.15) is 0 Å². The highest BCUT2D eigenvalue weighted by molar-refractivity contribution is 5.85. The maximum absolute atomic E-state index is 12.2. The van der Waals surface area contributed by atoms with Crippen LogP contribution in [0, 0.1) is 5.21 Å². The van der Waals surface area contributed by atoms with E-state index in [-0.39, 0.29) is 4.65 Å². The van der Waals surface area contributed by atoms with Gasteiger partial charge in [-0.15, -0.1) is 0 Å². The smallest absolute Gasteiger partial charge is 0.168 e. The lowest BCUT2D eigenvalue weighted by molar-refractivity contribution is -0.863. The van der Waals surface area contributed by atoms with Crippen molar-refractivity contribution in [3.05, 3.63) is 123 Å². The van der Waals surface area contributed by atoms with E-state index in [1.54, 1.807) is 19.4 Å². The van der Waals surface area contributed by atoms with Crippen molar-refractivity contribution in [1.82, 2.24) is 24.0 Å². The van der Waals surface area contributed by atoms with Gasteiger partial charge in [-0.05, 0) is 60.6 Å². The number of rotatable bonds is 2. The topological polar surface area (TPSA) is 137 Å². The molecule has 0 aliphatic carbocycles. The summed E-state index contributed by atoms with van der Waals surface area (Å²) in [6.07, 6.45) is 10.7. The molecule has 8 rings (SSSR count). The molecular weight excluding hydrogens is 620 g/mol. The summed E-state index contributed by atoms with van der Waals surface area (Å²) in [5, 5.41) is 24.2. The van der Waals surface area contributed by atoms with Crippen LogP contribution >= 0.6 is 0 Å². The quantitative estimate of drug-likeness (QED) is 0.0931. The molecule has 0 bridgehead atoms. The number of aryl methyl sites for hydroxylation is 2. The van der Waals surface area contributed by atoms with Gasteiger partial charge in [-0.25, -0.2) is 9.97 Å². The van der Waals surface area contributed by atoms with Crippen molar-refractivity contribution in [3.8, 4) is 0 Å². The largest absolute Gasteiger partial charge is 0.633 e. The first-order valence-electron chi connectivity index (χ1n) is 16.9. The number of carbonyl (C=O) groups is 2. The first-order valence-corrected chi connectivity index (χ1v) is 16.9. The Morgan fingerprint density at radius 1 is 0.673 bits per heavy atom. The number of fused-ring (bicyclic) bond motifs is 4. The first kappa shape index (κ1) is 34.3. The van der Waals surface area contributed by atoms with E-state index in [4.69, 9.17) is 10.5 Å². The number of hydrogen-bond acceptors (Lipinski definition) is 8. The zero-order valence-electron chi connectivity index (χ0n) is 28.2. The molecule has 256 valence electrons. The lowest BCUT2D eigenvalue weighted by Crippen LogP contribution is -2.42. The highest BCUT2D eigenvalue weighted by atomic mass is 17.0. The van der Waals surface area contributed by atoms with Gasteiger partial charge in [-0.1, -0.05) is 54.1 Å². The Hall–Kier alpha value is -4.52. The molecule has 0 saturated carbocycles. The van der Waals surface area contributed by atoms with Gasteiger partial charge in [0.2, 0.25) is 0 Å². The third kappa shape index (κ3) is 6.99. The summed E-state index contributed by atoms with van der Waals surface area (Å²) in [6.45, 7) is 4.94. The Morgan fingerprint density at radius 3 is 1.55 bits per heavy atom. The summed E-state index contributed by atoms with van der Waals surface area (Å²) in [4.78, 5) is 34.3. The molecule has 6 heterocycles. The monoisotopic (exact) mass is 664 g/mol. The fourth-order valence-corrected chi connectivity index (χ4v) is 7.57. The summed E-state index contributed by atoms with van der Waals surface area (Å²) < 4.78 is 3.94. The van der Waals surface area contributed by atoms with E-state index in [2.05, 4.69) is 75.0 Å². The number of aromatic nitrogens is 4. The maximum Gasteiger partial charge on any atom is 0.168 e. The second kappa shape index (κ2) is 14.9. The zero-order valence-corrected chi connectivity index (χ0v) is 28.2. The van der Waals surface area contributed by atoms with Gasteiger partial charge in [0, 0.05) is 50.2 Å². The molecule has 11 nitrogen and oxygen atoms in total. The van der Waals surface area contributed by atoms with Crippen molar-refractivity contribution in [1.29, 1.82) is 0 Å². The number of hydroxylamine groups is 3. The standard InChI is InChI=1S/C19H21N3O2.C19H21N3O.H2O2/c1-22(24)10-7-15(8-11-22)18-17-5-3-2-4-14(17)6-9-21-16(13-23)12-20-19(18)21;1-21-9-6-15(7-10-21)18-17-5-3-2-4-14(17)8-11-22-16(13-23)12-20-19(18)22;1-2/h2-5,12-13H,6-11H2,1H3;2-5,12-13H,6-11H2,1H3;1-2H. The van der Waals surface area contributed by atoms with Crippen LogP contribution in [0.1, 0.15) is 80.6 Å². The number of quaternary nitrogens is 1. The average molecular weight is 665 g/mol. The Bertz CT molecular complexity index is 1880. The molecule has 2 N–H and O–H groups in total. The number of carbonyl (C=O) groups excluding carboxylic acids is 2. The number of nitrogens with zero attached hydrogens (tertiary/aromatic N) is 6. The van der Waals surface area contributed by atoms with Gasteiger partial charge in [0.15, 0.2) is 12.6 Å². The average Bonchev–Trinajstić information content (AvgIpc) is 3.64. The molecule has 0 spiro atoms. The van der Waals surface area contributed by atoms with Gasteiger partial charge < -0.3 is 23.9 Å². The molecule has 0 unspecified atom stereocenters. The second-order valence-corrected chi connectivity index (χ2v) is 13.4. The number of aldehydes is 2. The molecule has 11 heteroatoms.